The topological polar surface area (TPSA) is 28.7 Å². The Labute approximate surface area is 217 Å². The molecule has 0 amide bonds. The van der Waals surface area contributed by atoms with E-state index < -0.39 is 7.26 Å². The number of aromatic nitrogens is 2. The van der Waals surface area contributed by atoms with Crippen molar-refractivity contribution in [3.8, 4) is 11.4 Å². The first-order chi connectivity index (χ1) is 15.8. The normalized spacial score (nSPS) is 11.1. The lowest BCUT2D eigenvalue weighted by atomic mass is 10.2. The summed E-state index contributed by atoms with van der Waals surface area (Å²) in [6, 6.07) is 43.1. The van der Waals surface area contributed by atoms with E-state index in [1.165, 1.54) is 21.3 Å². The van der Waals surface area contributed by atoms with E-state index in [-0.39, 0.29) is 24.0 Å². The van der Waals surface area contributed by atoms with Gasteiger partial charge < -0.3 is 29.0 Å². The van der Waals surface area contributed by atoms with Gasteiger partial charge in [0.15, 0.2) is 12.3 Å². The third kappa shape index (κ3) is 4.40. The number of imidazole rings is 1. The number of H-pyrrole nitrogens is 1. The number of rotatable bonds is 6. The second-order valence-electron chi connectivity index (χ2n) is 7.49. The fraction of sp³-hybridized carbons (Fsp3) is 0.0357. The number of nitrogens with one attached hydrogen (secondary N) is 1. The van der Waals surface area contributed by atoms with E-state index >= 15 is 0 Å². The summed E-state index contributed by atoms with van der Waals surface area (Å²) in [5.74, 6) is 0.914. The van der Waals surface area contributed by atoms with Crippen LogP contribution in [0.2, 0.25) is 0 Å². The molecule has 2 nitrogen and oxygen atoms in total. The largest absolute Gasteiger partial charge is 1.00 e. The Balaban J connectivity index is 0.00000259. The molecule has 1 heterocycles. The van der Waals surface area contributed by atoms with Gasteiger partial charge in [0.05, 0.1) is 0 Å². The van der Waals surface area contributed by atoms with Crippen molar-refractivity contribution in [2.24, 2.45) is 0 Å². The molecule has 0 aliphatic rings. The molecule has 5 rings (SSSR count). The van der Waals surface area contributed by atoms with Crippen LogP contribution in [0, 0.1) is 0 Å². The van der Waals surface area contributed by atoms with Crippen molar-refractivity contribution in [2.75, 3.05) is 6.26 Å². The monoisotopic (exact) mass is 578 g/mol. The van der Waals surface area contributed by atoms with Gasteiger partial charge in [-0.1, -0.05) is 84.9 Å². The lowest BCUT2D eigenvalue weighted by molar-refractivity contribution is -0.00000624. The van der Waals surface area contributed by atoms with E-state index in [1.807, 2.05) is 6.07 Å². The highest BCUT2D eigenvalue weighted by Gasteiger charge is 2.51. The molecule has 0 bridgehead atoms. The van der Waals surface area contributed by atoms with E-state index in [1.54, 1.807) is 11.8 Å². The number of thioether (sulfide) groups is 1. The molecule has 0 aliphatic heterocycles. The quantitative estimate of drug-likeness (QED) is 0.191. The highest BCUT2D eigenvalue weighted by molar-refractivity contribution is 8.04. The van der Waals surface area contributed by atoms with Crippen LogP contribution in [0.5, 0.6) is 0 Å². The standard InChI is InChI=1S/C28H24N2PS.HI/c1-32-28-27(29-26(30-28)22-14-6-2-7-15-22)31(23-16-8-3-9-17-23,24-18-10-4-11-19-24)25-20-12-5-13-21-25;/h2-21H,1H3,(H,29,30);1H/q+1;/p-1. The van der Waals surface area contributed by atoms with Crippen molar-refractivity contribution < 1.29 is 24.0 Å². The molecule has 0 radical (unpaired) electrons. The van der Waals surface area contributed by atoms with E-state index in [0.29, 0.717) is 0 Å². The highest BCUT2D eigenvalue weighted by Crippen LogP contribution is 2.55. The summed E-state index contributed by atoms with van der Waals surface area (Å²) >= 11 is 1.71. The van der Waals surface area contributed by atoms with E-state index in [9.17, 15) is 0 Å². The number of aromatic amines is 1. The van der Waals surface area contributed by atoms with Crippen LogP contribution in [0.15, 0.2) is 126 Å². The molecule has 5 aromatic rings. The molecule has 0 atom stereocenters. The van der Waals surface area contributed by atoms with E-state index in [2.05, 4.69) is 127 Å². The third-order valence-corrected chi connectivity index (χ3v) is 10.7. The second kappa shape index (κ2) is 10.7. The number of halogens is 1. The van der Waals surface area contributed by atoms with Gasteiger partial charge in [0.1, 0.15) is 21.7 Å². The Bertz CT molecular complexity index is 1200. The molecule has 4 aromatic carbocycles. The van der Waals surface area contributed by atoms with Crippen LogP contribution in [-0.4, -0.2) is 16.2 Å². The van der Waals surface area contributed by atoms with Crippen LogP contribution < -0.4 is 45.3 Å². The van der Waals surface area contributed by atoms with Crippen molar-refractivity contribution in [1.29, 1.82) is 0 Å². The average Bonchev–Trinajstić information content (AvgIpc) is 3.32. The highest BCUT2D eigenvalue weighted by atomic mass is 127. The van der Waals surface area contributed by atoms with Crippen LogP contribution in [0.4, 0.5) is 0 Å². The fourth-order valence-electron chi connectivity index (χ4n) is 4.24. The molecule has 5 heteroatoms. The van der Waals surface area contributed by atoms with Crippen molar-refractivity contribution in [3.63, 3.8) is 0 Å². The summed E-state index contributed by atoms with van der Waals surface area (Å²) in [5.41, 5.74) is 2.30. The Hall–Kier alpha value is -2.40. The van der Waals surface area contributed by atoms with E-state index in [0.717, 1.165) is 16.4 Å². The van der Waals surface area contributed by atoms with Crippen molar-refractivity contribution in [2.45, 2.75) is 5.03 Å². The second-order valence-corrected chi connectivity index (χ2v) is 11.6. The molecule has 1 N–H and O–H groups in total. The first-order valence-electron chi connectivity index (χ1n) is 10.6. The van der Waals surface area contributed by atoms with Gasteiger partial charge in [0.2, 0.25) is 5.44 Å². The summed E-state index contributed by atoms with van der Waals surface area (Å²) in [5, 5.41) is 5.00. The maximum Gasteiger partial charge on any atom is 0.210 e. The first-order valence-corrected chi connectivity index (χ1v) is 13.6. The van der Waals surface area contributed by atoms with Gasteiger partial charge in [-0.3, -0.25) is 0 Å². The molecule has 0 spiro atoms. The zero-order valence-corrected chi connectivity index (χ0v) is 22.1. The van der Waals surface area contributed by atoms with Crippen LogP contribution in [-0.2, 0) is 0 Å². The zero-order chi connectivity index (χ0) is 21.8. The minimum absolute atomic E-state index is 0. The Morgan fingerprint density at radius 1 is 0.606 bits per heavy atom. The van der Waals surface area contributed by atoms with Crippen LogP contribution in [0.3, 0.4) is 0 Å². The average molecular weight is 578 g/mol. The maximum atomic E-state index is 5.08. The maximum absolute atomic E-state index is 5.08. The molecule has 0 fully saturated rings. The molecule has 0 saturated heterocycles. The third-order valence-electron chi connectivity index (χ3n) is 5.66. The van der Waals surface area contributed by atoms with Gasteiger partial charge in [0.25, 0.3) is 0 Å². The van der Waals surface area contributed by atoms with Gasteiger partial charge in [-0.2, -0.15) is 0 Å². The van der Waals surface area contributed by atoms with Crippen molar-refractivity contribution >= 4 is 40.4 Å². The number of nitrogens with zero attached hydrogens (tertiary/aromatic N) is 1. The molecule has 0 unspecified atom stereocenters. The fourth-order valence-corrected chi connectivity index (χ4v) is 9.49. The summed E-state index contributed by atoms with van der Waals surface area (Å²) in [4.78, 5) is 8.88. The summed E-state index contributed by atoms with van der Waals surface area (Å²) in [6.07, 6.45) is 2.12. The van der Waals surface area contributed by atoms with Crippen molar-refractivity contribution in [1.82, 2.24) is 9.97 Å². The van der Waals surface area contributed by atoms with Crippen LogP contribution in [0.1, 0.15) is 0 Å². The molecule has 164 valence electrons. The smallest absolute Gasteiger partial charge is 0.210 e. The Kier molecular flexibility index (Phi) is 7.69. The molecular formula is C28H24IN2PS. The number of hydrogen-bond acceptors (Lipinski definition) is 2. The van der Waals surface area contributed by atoms with Gasteiger partial charge in [0, 0.05) is 5.56 Å². The van der Waals surface area contributed by atoms with Gasteiger partial charge >= 0.3 is 0 Å². The molecule has 33 heavy (non-hydrogen) atoms. The predicted molar refractivity (Wildman–Crippen MR) is 141 cm³/mol. The molecular weight excluding hydrogens is 554 g/mol. The first kappa shape index (κ1) is 23.7. The molecule has 1 aromatic heterocycles. The minimum atomic E-state index is -2.20. The summed E-state index contributed by atoms with van der Waals surface area (Å²) in [7, 11) is -2.20. The number of benzene rings is 4. The zero-order valence-electron chi connectivity index (χ0n) is 18.2. The van der Waals surface area contributed by atoms with Gasteiger partial charge in [-0.25, -0.2) is 4.98 Å². The minimum Gasteiger partial charge on any atom is -1.00 e. The van der Waals surface area contributed by atoms with Crippen molar-refractivity contribution in [3.05, 3.63) is 121 Å². The van der Waals surface area contributed by atoms with Gasteiger partial charge in [-0.15, -0.1) is 11.8 Å². The van der Waals surface area contributed by atoms with Crippen LogP contribution in [0.25, 0.3) is 11.4 Å². The van der Waals surface area contributed by atoms with E-state index in [4.69, 9.17) is 4.98 Å². The molecule has 0 saturated carbocycles. The molecule has 0 aliphatic carbocycles. The SMILES string of the molecule is CSc1nc(-c2ccccc2)[nH]c1[P+](c1ccccc1)(c1ccccc1)c1ccccc1.[I-]. The Morgan fingerprint density at radius 2 is 1.00 bits per heavy atom. The summed E-state index contributed by atoms with van der Waals surface area (Å²) in [6.45, 7) is 0. The van der Waals surface area contributed by atoms with Crippen LogP contribution >= 0.6 is 19.0 Å². The lowest BCUT2D eigenvalue weighted by Gasteiger charge is -2.26. The predicted octanol–water partition coefficient (Wildman–Crippen LogP) is 2.42. The summed E-state index contributed by atoms with van der Waals surface area (Å²) < 4.78 is 0. The Morgan fingerprint density at radius 3 is 1.39 bits per heavy atom. The van der Waals surface area contributed by atoms with Gasteiger partial charge in [-0.05, 0) is 42.7 Å². The number of hydrogen-bond donors (Lipinski definition) is 1. The lowest BCUT2D eigenvalue weighted by Crippen LogP contribution is -3.00.